The van der Waals surface area contributed by atoms with Gasteiger partial charge in [-0.05, 0) is 89.3 Å². The second-order valence-electron chi connectivity index (χ2n) is 11.5. The van der Waals surface area contributed by atoms with Crippen LogP contribution >= 0.6 is 0 Å². The monoisotopic (exact) mass is 557 g/mol. The topological polar surface area (TPSA) is 12.9 Å². The molecule has 9 aromatic rings. The summed E-state index contributed by atoms with van der Waals surface area (Å²) in [5, 5.41) is 12.4. The Bertz CT molecular complexity index is 2500. The molecule has 0 spiro atoms. The van der Waals surface area contributed by atoms with Gasteiger partial charge in [0.25, 0.3) is 0 Å². The average Bonchev–Trinajstić information content (AvgIpc) is 3.10. The zero-order valence-corrected chi connectivity index (χ0v) is 24.0. The van der Waals surface area contributed by atoms with Gasteiger partial charge in [-0.25, -0.2) is 4.98 Å². The molecule has 1 nitrogen and oxygen atoms in total. The van der Waals surface area contributed by atoms with Crippen LogP contribution in [0.3, 0.4) is 0 Å². The third-order valence-electron chi connectivity index (χ3n) is 9.02. The lowest BCUT2D eigenvalue weighted by Crippen LogP contribution is -1.93. The van der Waals surface area contributed by atoms with Crippen molar-refractivity contribution in [3.63, 3.8) is 0 Å². The average molecular weight is 558 g/mol. The second-order valence-corrected chi connectivity index (χ2v) is 11.5. The molecule has 0 saturated heterocycles. The smallest absolute Gasteiger partial charge is 0.0722 e. The Morgan fingerprint density at radius 3 is 1.50 bits per heavy atom. The number of hydrogen-bond donors (Lipinski definition) is 0. The maximum absolute atomic E-state index is 5.34. The van der Waals surface area contributed by atoms with Crippen LogP contribution in [0.5, 0.6) is 0 Å². The van der Waals surface area contributed by atoms with Gasteiger partial charge in [0.1, 0.15) is 0 Å². The van der Waals surface area contributed by atoms with Crippen molar-refractivity contribution in [3.8, 4) is 33.6 Å². The van der Waals surface area contributed by atoms with E-state index in [0.29, 0.717) is 0 Å². The van der Waals surface area contributed by atoms with Crippen molar-refractivity contribution in [2.75, 3.05) is 0 Å². The van der Waals surface area contributed by atoms with Crippen molar-refractivity contribution in [1.29, 1.82) is 0 Å². The SMILES string of the molecule is c1cc(-c2ccc3ccc4ccccc4c3c2)nc(-c2c3ccccc3c(-c3ccc4ccccc4c3)c3ccccc23)c1. The Morgan fingerprint density at radius 2 is 0.773 bits per heavy atom. The molecular formula is C43H27N. The lowest BCUT2D eigenvalue weighted by Gasteiger charge is -2.18. The summed E-state index contributed by atoms with van der Waals surface area (Å²) < 4.78 is 0. The number of benzene rings is 8. The molecule has 9 rings (SSSR count). The molecule has 0 aliphatic heterocycles. The summed E-state index contributed by atoms with van der Waals surface area (Å²) in [6.07, 6.45) is 0. The van der Waals surface area contributed by atoms with E-state index in [1.807, 2.05) is 0 Å². The summed E-state index contributed by atoms with van der Waals surface area (Å²) in [7, 11) is 0. The lowest BCUT2D eigenvalue weighted by atomic mass is 9.86. The molecule has 1 aromatic heterocycles. The van der Waals surface area contributed by atoms with Gasteiger partial charge >= 0.3 is 0 Å². The standard InChI is InChI=1S/C43H27N/c1-2-12-31-26-33(25-20-28(31)10-1)42-35-14-5-7-16-37(35)43(38-17-8-6-15-36(38)42)41-19-9-18-40(44-41)32-24-23-30-22-21-29-11-3-4-13-34(29)39(30)27-32/h1-27H. The minimum absolute atomic E-state index is 0.976. The Kier molecular flexibility index (Phi) is 5.57. The highest BCUT2D eigenvalue weighted by Crippen LogP contribution is 2.44. The fourth-order valence-corrected chi connectivity index (χ4v) is 6.96. The van der Waals surface area contributed by atoms with E-state index in [1.165, 1.54) is 70.6 Å². The Labute approximate surface area is 255 Å². The van der Waals surface area contributed by atoms with E-state index in [4.69, 9.17) is 4.98 Å². The maximum Gasteiger partial charge on any atom is 0.0722 e. The molecule has 1 heteroatoms. The van der Waals surface area contributed by atoms with Crippen molar-refractivity contribution in [2.24, 2.45) is 0 Å². The van der Waals surface area contributed by atoms with Crippen LogP contribution in [0.1, 0.15) is 0 Å². The molecule has 0 unspecified atom stereocenters. The van der Waals surface area contributed by atoms with Crippen molar-refractivity contribution in [1.82, 2.24) is 4.98 Å². The predicted octanol–water partition coefficient (Wildman–Crippen LogP) is 11.8. The molecule has 0 radical (unpaired) electrons. The fourth-order valence-electron chi connectivity index (χ4n) is 6.96. The van der Waals surface area contributed by atoms with Crippen LogP contribution in [0.25, 0.3) is 87.5 Å². The molecule has 44 heavy (non-hydrogen) atoms. The van der Waals surface area contributed by atoms with Crippen LogP contribution < -0.4 is 0 Å². The van der Waals surface area contributed by atoms with Gasteiger partial charge in [0.05, 0.1) is 11.4 Å². The number of hydrogen-bond acceptors (Lipinski definition) is 1. The van der Waals surface area contributed by atoms with Crippen LogP contribution in [-0.2, 0) is 0 Å². The van der Waals surface area contributed by atoms with Crippen molar-refractivity contribution < 1.29 is 0 Å². The summed E-state index contributed by atoms with van der Waals surface area (Å²) in [6, 6.07) is 59.2. The first-order valence-corrected chi connectivity index (χ1v) is 15.1. The van der Waals surface area contributed by atoms with Gasteiger partial charge < -0.3 is 0 Å². The highest BCUT2D eigenvalue weighted by Gasteiger charge is 2.18. The van der Waals surface area contributed by atoms with Crippen LogP contribution in [0.4, 0.5) is 0 Å². The summed E-state index contributed by atoms with van der Waals surface area (Å²) in [5.41, 5.74) is 6.75. The highest BCUT2D eigenvalue weighted by atomic mass is 14.7. The molecule has 0 fully saturated rings. The van der Waals surface area contributed by atoms with E-state index >= 15 is 0 Å². The first-order valence-electron chi connectivity index (χ1n) is 15.1. The second kappa shape index (κ2) is 9.90. The number of rotatable bonds is 3. The molecule has 0 N–H and O–H groups in total. The minimum atomic E-state index is 0.976. The Morgan fingerprint density at radius 1 is 0.273 bits per heavy atom. The van der Waals surface area contributed by atoms with Crippen molar-refractivity contribution in [2.45, 2.75) is 0 Å². The largest absolute Gasteiger partial charge is 0.248 e. The van der Waals surface area contributed by atoms with E-state index in [-0.39, 0.29) is 0 Å². The van der Waals surface area contributed by atoms with Gasteiger partial charge in [-0.2, -0.15) is 0 Å². The maximum atomic E-state index is 5.34. The first kappa shape index (κ1) is 24.8. The number of nitrogens with zero attached hydrogens (tertiary/aromatic N) is 1. The molecule has 0 bridgehead atoms. The van der Waals surface area contributed by atoms with E-state index in [2.05, 4.69) is 164 Å². The summed E-state index contributed by atoms with van der Waals surface area (Å²) in [4.78, 5) is 5.34. The number of fused-ring (bicyclic) bond motifs is 6. The summed E-state index contributed by atoms with van der Waals surface area (Å²) in [6.45, 7) is 0. The van der Waals surface area contributed by atoms with E-state index in [1.54, 1.807) is 0 Å². The van der Waals surface area contributed by atoms with Crippen LogP contribution in [0.15, 0.2) is 164 Å². The molecule has 0 atom stereocenters. The van der Waals surface area contributed by atoms with Gasteiger partial charge in [-0.3, -0.25) is 0 Å². The predicted molar refractivity (Wildman–Crippen MR) is 188 cm³/mol. The van der Waals surface area contributed by atoms with Crippen molar-refractivity contribution in [3.05, 3.63) is 164 Å². The Balaban J connectivity index is 1.28. The minimum Gasteiger partial charge on any atom is -0.248 e. The number of pyridine rings is 1. The van der Waals surface area contributed by atoms with Gasteiger partial charge in [0, 0.05) is 11.1 Å². The van der Waals surface area contributed by atoms with E-state index in [0.717, 1.165) is 17.0 Å². The molecule has 0 amide bonds. The van der Waals surface area contributed by atoms with Gasteiger partial charge in [0.15, 0.2) is 0 Å². The fraction of sp³-hybridized carbons (Fsp3) is 0. The zero-order chi connectivity index (χ0) is 29.0. The Hall–Kier alpha value is -5.79. The van der Waals surface area contributed by atoms with Crippen LogP contribution in [0.2, 0.25) is 0 Å². The van der Waals surface area contributed by atoms with E-state index < -0.39 is 0 Å². The quantitative estimate of drug-likeness (QED) is 0.155. The highest BCUT2D eigenvalue weighted by molar-refractivity contribution is 6.21. The summed E-state index contributed by atoms with van der Waals surface area (Å²) in [5.74, 6) is 0. The normalized spacial score (nSPS) is 11.6. The molecule has 204 valence electrons. The zero-order valence-electron chi connectivity index (χ0n) is 24.0. The summed E-state index contributed by atoms with van der Waals surface area (Å²) >= 11 is 0. The molecule has 1 heterocycles. The van der Waals surface area contributed by atoms with Gasteiger partial charge in [-0.1, -0.05) is 140 Å². The van der Waals surface area contributed by atoms with Crippen LogP contribution in [0, 0.1) is 0 Å². The number of aromatic nitrogens is 1. The van der Waals surface area contributed by atoms with Gasteiger partial charge in [-0.15, -0.1) is 0 Å². The molecular weight excluding hydrogens is 530 g/mol. The lowest BCUT2D eigenvalue weighted by molar-refractivity contribution is 1.34. The third-order valence-corrected chi connectivity index (χ3v) is 9.02. The molecule has 0 saturated carbocycles. The van der Waals surface area contributed by atoms with Crippen molar-refractivity contribution >= 4 is 53.9 Å². The molecule has 8 aromatic carbocycles. The third kappa shape index (κ3) is 3.91. The molecule has 0 aliphatic carbocycles. The van der Waals surface area contributed by atoms with E-state index in [9.17, 15) is 0 Å². The molecule has 0 aliphatic rings. The first-order chi connectivity index (χ1) is 21.8. The van der Waals surface area contributed by atoms with Gasteiger partial charge in [0.2, 0.25) is 0 Å². The van der Waals surface area contributed by atoms with Crippen LogP contribution in [-0.4, -0.2) is 4.98 Å².